The number of rotatable bonds is 8. The molecule has 6 nitrogen and oxygen atoms in total. The first kappa shape index (κ1) is 15.7. The summed E-state index contributed by atoms with van der Waals surface area (Å²) in [6, 6.07) is 1.41. The molecule has 1 rings (SSSR count). The van der Waals surface area contributed by atoms with Crippen LogP contribution in [0.2, 0.25) is 0 Å². The Morgan fingerprint density at radius 2 is 1.89 bits per heavy atom. The van der Waals surface area contributed by atoms with E-state index in [9.17, 15) is 9.59 Å². The first-order chi connectivity index (χ1) is 9.10. The molecule has 0 amide bonds. The minimum Gasteiger partial charge on any atom is -0.314 e. The fourth-order valence-corrected chi connectivity index (χ4v) is 1.91. The fourth-order valence-electron chi connectivity index (χ4n) is 1.91. The number of aromatic nitrogens is 2. The highest BCUT2D eigenvalue weighted by Gasteiger charge is 2.02. The van der Waals surface area contributed by atoms with Crippen molar-refractivity contribution in [2.24, 2.45) is 7.05 Å². The van der Waals surface area contributed by atoms with Crippen LogP contribution in [0.15, 0.2) is 21.9 Å². The molecule has 0 fully saturated rings. The maximum atomic E-state index is 11.7. The second kappa shape index (κ2) is 7.91. The minimum absolute atomic E-state index is 0.242. The van der Waals surface area contributed by atoms with Crippen LogP contribution in [-0.2, 0) is 13.6 Å². The Morgan fingerprint density at radius 1 is 1.21 bits per heavy atom. The van der Waals surface area contributed by atoms with Gasteiger partial charge in [-0.1, -0.05) is 13.8 Å². The van der Waals surface area contributed by atoms with Crippen LogP contribution >= 0.6 is 0 Å². The minimum atomic E-state index is -0.266. The van der Waals surface area contributed by atoms with Gasteiger partial charge in [0.15, 0.2) is 0 Å². The molecule has 0 aromatic carbocycles. The lowest BCUT2D eigenvalue weighted by molar-refractivity contribution is 0.301. The second-order valence-corrected chi connectivity index (χ2v) is 4.48. The normalized spacial score (nSPS) is 11.2. The third-order valence-corrected chi connectivity index (χ3v) is 3.25. The van der Waals surface area contributed by atoms with E-state index in [1.807, 2.05) is 0 Å². The summed E-state index contributed by atoms with van der Waals surface area (Å²) >= 11 is 0. The summed E-state index contributed by atoms with van der Waals surface area (Å²) in [6.07, 6.45) is 1.50. The van der Waals surface area contributed by atoms with Gasteiger partial charge >= 0.3 is 5.69 Å². The molecule has 0 unspecified atom stereocenters. The van der Waals surface area contributed by atoms with E-state index in [0.717, 1.165) is 26.2 Å². The lowest BCUT2D eigenvalue weighted by atomic mass is 10.4. The Hall–Kier alpha value is -1.40. The average molecular weight is 268 g/mol. The molecule has 0 atom stereocenters. The Bertz CT molecular complexity index is 488. The van der Waals surface area contributed by atoms with E-state index in [2.05, 4.69) is 24.1 Å². The van der Waals surface area contributed by atoms with Gasteiger partial charge in [0.25, 0.3) is 5.56 Å². The Morgan fingerprint density at radius 3 is 2.53 bits per heavy atom. The van der Waals surface area contributed by atoms with Crippen LogP contribution in [0.5, 0.6) is 0 Å². The van der Waals surface area contributed by atoms with Gasteiger partial charge in [-0.3, -0.25) is 9.36 Å². The van der Waals surface area contributed by atoms with E-state index in [4.69, 9.17) is 0 Å². The van der Waals surface area contributed by atoms with Crippen molar-refractivity contribution in [3.63, 3.8) is 0 Å². The van der Waals surface area contributed by atoms with Crippen LogP contribution in [0.1, 0.15) is 13.8 Å². The molecule has 108 valence electrons. The highest BCUT2D eigenvalue weighted by atomic mass is 16.2. The predicted octanol–water partition coefficient (Wildman–Crippen LogP) is -0.522. The lowest BCUT2D eigenvalue weighted by Crippen LogP contribution is -2.41. The van der Waals surface area contributed by atoms with E-state index >= 15 is 0 Å². The number of likely N-dealkylation sites (N-methyl/N-ethyl adjacent to an activating group) is 1. The zero-order valence-electron chi connectivity index (χ0n) is 12.1. The molecule has 0 saturated heterocycles. The molecular formula is C13H24N4O2. The third kappa shape index (κ3) is 4.65. The number of hydrogen-bond donors (Lipinski definition) is 1. The fraction of sp³-hybridized carbons (Fsp3) is 0.692. The Labute approximate surface area is 113 Å². The summed E-state index contributed by atoms with van der Waals surface area (Å²) in [6.45, 7) is 9.23. The van der Waals surface area contributed by atoms with Crippen molar-refractivity contribution in [2.75, 3.05) is 32.7 Å². The average Bonchev–Trinajstić information content (AvgIpc) is 2.42. The lowest BCUT2D eigenvalue weighted by Gasteiger charge is -2.18. The molecule has 6 heteroatoms. The molecule has 19 heavy (non-hydrogen) atoms. The smallest absolute Gasteiger partial charge is 0.314 e. The number of nitrogens with zero attached hydrogens (tertiary/aromatic N) is 3. The first-order valence-corrected chi connectivity index (χ1v) is 6.79. The molecule has 0 aliphatic rings. The number of aryl methyl sites for hydroxylation is 1. The molecule has 0 radical (unpaired) electrons. The highest BCUT2D eigenvalue weighted by molar-refractivity contribution is 4.85. The van der Waals surface area contributed by atoms with Crippen LogP contribution in [0.25, 0.3) is 0 Å². The van der Waals surface area contributed by atoms with Crippen molar-refractivity contribution in [2.45, 2.75) is 20.4 Å². The summed E-state index contributed by atoms with van der Waals surface area (Å²) in [4.78, 5) is 25.6. The van der Waals surface area contributed by atoms with Gasteiger partial charge in [0.05, 0.1) is 0 Å². The van der Waals surface area contributed by atoms with E-state index in [0.29, 0.717) is 13.1 Å². The molecule has 0 saturated carbocycles. The van der Waals surface area contributed by atoms with Crippen molar-refractivity contribution < 1.29 is 0 Å². The van der Waals surface area contributed by atoms with Gasteiger partial charge < -0.3 is 14.8 Å². The van der Waals surface area contributed by atoms with Gasteiger partial charge in [-0.2, -0.15) is 0 Å². The summed E-state index contributed by atoms with van der Waals surface area (Å²) in [5.41, 5.74) is -0.508. The predicted molar refractivity (Wildman–Crippen MR) is 76.6 cm³/mol. The standard InChI is InChI=1S/C13H24N4O2/c1-4-16(5-2)10-7-14-8-11-17-12(18)6-9-15(3)13(17)19/h6,9,14H,4-5,7-8,10-11H2,1-3H3. The van der Waals surface area contributed by atoms with E-state index in [-0.39, 0.29) is 11.2 Å². The van der Waals surface area contributed by atoms with Crippen LogP contribution in [0.4, 0.5) is 0 Å². The monoisotopic (exact) mass is 268 g/mol. The van der Waals surface area contributed by atoms with E-state index < -0.39 is 0 Å². The Balaban J connectivity index is 2.40. The van der Waals surface area contributed by atoms with Crippen molar-refractivity contribution in [1.82, 2.24) is 19.4 Å². The molecule has 1 N–H and O–H groups in total. The van der Waals surface area contributed by atoms with Gasteiger partial charge in [-0.05, 0) is 13.1 Å². The number of hydrogen-bond acceptors (Lipinski definition) is 4. The first-order valence-electron chi connectivity index (χ1n) is 6.79. The maximum absolute atomic E-state index is 11.7. The van der Waals surface area contributed by atoms with E-state index in [1.165, 1.54) is 21.4 Å². The molecule has 0 aliphatic heterocycles. The molecule has 0 bridgehead atoms. The Kier molecular flexibility index (Phi) is 6.52. The maximum Gasteiger partial charge on any atom is 0.330 e. The van der Waals surface area contributed by atoms with Gasteiger partial charge in [0.2, 0.25) is 0 Å². The van der Waals surface area contributed by atoms with Crippen LogP contribution < -0.4 is 16.6 Å². The molecule has 1 aromatic rings. The number of nitrogens with one attached hydrogen (secondary N) is 1. The van der Waals surface area contributed by atoms with Crippen LogP contribution in [0.3, 0.4) is 0 Å². The van der Waals surface area contributed by atoms with Crippen molar-refractivity contribution >= 4 is 0 Å². The van der Waals surface area contributed by atoms with Crippen molar-refractivity contribution in [3.8, 4) is 0 Å². The summed E-state index contributed by atoms with van der Waals surface area (Å²) in [7, 11) is 1.64. The summed E-state index contributed by atoms with van der Waals surface area (Å²) in [5, 5.41) is 3.26. The van der Waals surface area contributed by atoms with Gasteiger partial charge in [0, 0.05) is 45.5 Å². The zero-order valence-corrected chi connectivity index (χ0v) is 12.1. The molecule has 1 aromatic heterocycles. The van der Waals surface area contributed by atoms with Crippen LogP contribution in [0, 0.1) is 0 Å². The second-order valence-electron chi connectivity index (χ2n) is 4.48. The van der Waals surface area contributed by atoms with Crippen molar-refractivity contribution in [1.29, 1.82) is 0 Å². The SMILES string of the molecule is CCN(CC)CCNCCn1c(=O)ccn(C)c1=O. The zero-order chi connectivity index (χ0) is 14.3. The van der Waals surface area contributed by atoms with Gasteiger partial charge in [-0.25, -0.2) is 4.79 Å². The summed E-state index contributed by atoms with van der Waals surface area (Å²) < 4.78 is 2.67. The van der Waals surface area contributed by atoms with Gasteiger partial charge in [-0.15, -0.1) is 0 Å². The topological polar surface area (TPSA) is 59.3 Å². The highest BCUT2D eigenvalue weighted by Crippen LogP contribution is 1.84. The largest absolute Gasteiger partial charge is 0.330 e. The summed E-state index contributed by atoms with van der Waals surface area (Å²) in [5.74, 6) is 0. The molecule has 0 spiro atoms. The molecule has 1 heterocycles. The van der Waals surface area contributed by atoms with Crippen molar-refractivity contribution in [3.05, 3.63) is 33.1 Å². The van der Waals surface area contributed by atoms with Crippen LogP contribution in [-0.4, -0.2) is 46.8 Å². The quantitative estimate of drug-likeness (QED) is 0.645. The van der Waals surface area contributed by atoms with Gasteiger partial charge in [0.1, 0.15) is 0 Å². The van der Waals surface area contributed by atoms with E-state index in [1.54, 1.807) is 7.05 Å². The molecule has 0 aliphatic carbocycles. The third-order valence-electron chi connectivity index (χ3n) is 3.25. The molecular weight excluding hydrogens is 244 g/mol.